The van der Waals surface area contributed by atoms with Gasteiger partial charge in [0.15, 0.2) is 0 Å². The van der Waals surface area contributed by atoms with Gasteiger partial charge in [0.05, 0.1) is 23.9 Å². The lowest BCUT2D eigenvalue weighted by atomic mass is 10.0. The molecule has 1 amide bonds. The number of hydrazone groups is 1. The topological polar surface area (TPSA) is 79.2 Å². The highest BCUT2D eigenvalue weighted by Crippen LogP contribution is 2.18. The number of para-hydroxylation sites is 1. The van der Waals surface area contributed by atoms with Gasteiger partial charge in [0.2, 0.25) is 5.91 Å². The monoisotopic (exact) mass is 384 g/mol. The zero-order chi connectivity index (χ0) is 20.2. The first-order valence-corrected chi connectivity index (χ1v) is 9.29. The summed E-state index contributed by atoms with van der Waals surface area (Å²) in [6, 6.07) is 23.1. The third-order valence-corrected chi connectivity index (χ3v) is 4.75. The Morgan fingerprint density at radius 3 is 2.59 bits per heavy atom. The number of benzene rings is 3. The highest BCUT2D eigenvalue weighted by molar-refractivity contribution is 5.90. The summed E-state index contributed by atoms with van der Waals surface area (Å²) in [7, 11) is 0. The van der Waals surface area contributed by atoms with Crippen molar-refractivity contribution in [1.29, 1.82) is 0 Å². The standard InChI is InChI=1S/C23H20N4O2/c1-16-21(23(29)27(26-16)19-11-3-2-4-12-19)15-24-25-22(28)14-18-10-7-9-17-8-5-6-13-20(17)18/h2-13,15,26H,14H2,1H3,(H,25,28)/b24-15-. The van der Waals surface area contributed by atoms with Crippen LogP contribution in [0.15, 0.2) is 82.7 Å². The second-order valence-corrected chi connectivity index (χ2v) is 6.73. The Balaban J connectivity index is 1.49. The minimum Gasteiger partial charge on any atom is -0.295 e. The lowest BCUT2D eigenvalue weighted by Gasteiger charge is -2.05. The number of aromatic amines is 1. The average Bonchev–Trinajstić information content (AvgIpc) is 3.03. The summed E-state index contributed by atoms with van der Waals surface area (Å²) in [6.07, 6.45) is 1.59. The van der Waals surface area contributed by atoms with Gasteiger partial charge in [-0.25, -0.2) is 10.1 Å². The van der Waals surface area contributed by atoms with Crippen LogP contribution in [-0.4, -0.2) is 21.9 Å². The van der Waals surface area contributed by atoms with Crippen LogP contribution in [0.3, 0.4) is 0 Å². The molecule has 0 saturated carbocycles. The Labute approximate surface area is 167 Å². The molecule has 1 aromatic heterocycles. The van der Waals surface area contributed by atoms with Crippen molar-refractivity contribution < 1.29 is 4.79 Å². The van der Waals surface area contributed by atoms with Crippen molar-refractivity contribution in [3.8, 4) is 5.69 Å². The molecule has 144 valence electrons. The van der Waals surface area contributed by atoms with E-state index in [0.717, 1.165) is 22.0 Å². The van der Waals surface area contributed by atoms with Gasteiger partial charge in [-0.05, 0) is 35.4 Å². The van der Waals surface area contributed by atoms with Crippen molar-refractivity contribution in [2.75, 3.05) is 0 Å². The summed E-state index contributed by atoms with van der Waals surface area (Å²) < 4.78 is 1.45. The first-order chi connectivity index (χ1) is 14.1. The first-order valence-electron chi connectivity index (χ1n) is 9.29. The molecular formula is C23H20N4O2. The van der Waals surface area contributed by atoms with Crippen molar-refractivity contribution in [1.82, 2.24) is 15.2 Å². The van der Waals surface area contributed by atoms with E-state index in [9.17, 15) is 9.59 Å². The fraction of sp³-hybridized carbons (Fsp3) is 0.0870. The molecule has 0 saturated heterocycles. The average molecular weight is 384 g/mol. The molecule has 0 aliphatic carbocycles. The fourth-order valence-electron chi connectivity index (χ4n) is 3.30. The minimum atomic E-state index is -0.242. The van der Waals surface area contributed by atoms with Crippen LogP contribution in [0.5, 0.6) is 0 Å². The van der Waals surface area contributed by atoms with E-state index in [0.29, 0.717) is 11.3 Å². The van der Waals surface area contributed by atoms with Gasteiger partial charge in [0.1, 0.15) is 0 Å². The number of nitrogens with zero attached hydrogens (tertiary/aromatic N) is 2. The van der Waals surface area contributed by atoms with E-state index >= 15 is 0 Å². The molecule has 0 aliphatic heterocycles. The van der Waals surface area contributed by atoms with Gasteiger partial charge in [-0.15, -0.1) is 0 Å². The normalized spacial score (nSPS) is 11.2. The Morgan fingerprint density at radius 1 is 1.03 bits per heavy atom. The molecule has 6 nitrogen and oxygen atoms in total. The summed E-state index contributed by atoms with van der Waals surface area (Å²) in [5, 5.41) is 9.15. The highest BCUT2D eigenvalue weighted by Gasteiger charge is 2.11. The maximum Gasteiger partial charge on any atom is 0.280 e. The van der Waals surface area contributed by atoms with Crippen molar-refractivity contribution in [2.24, 2.45) is 5.10 Å². The number of nitrogens with one attached hydrogen (secondary N) is 2. The van der Waals surface area contributed by atoms with Crippen LogP contribution >= 0.6 is 0 Å². The van der Waals surface area contributed by atoms with E-state index in [1.807, 2.05) is 72.8 Å². The molecule has 4 aromatic rings. The SMILES string of the molecule is Cc1[nH]n(-c2ccccc2)c(=O)c1/C=N\NC(=O)Cc1cccc2ccccc12. The number of rotatable bonds is 5. The number of amides is 1. The second kappa shape index (κ2) is 7.98. The van der Waals surface area contributed by atoms with Crippen LogP contribution in [0.25, 0.3) is 16.5 Å². The Kier molecular flexibility index (Phi) is 5.07. The highest BCUT2D eigenvalue weighted by atomic mass is 16.2. The Bertz CT molecular complexity index is 1250. The Hall–Kier alpha value is -3.93. The second-order valence-electron chi connectivity index (χ2n) is 6.73. The van der Waals surface area contributed by atoms with Gasteiger partial charge in [-0.1, -0.05) is 60.7 Å². The molecule has 6 heteroatoms. The van der Waals surface area contributed by atoms with Crippen molar-refractivity contribution >= 4 is 22.9 Å². The van der Waals surface area contributed by atoms with E-state index in [2.05, 4.69) is 15.6 Å². The van der Waals surface area contributed by atoms with E-state index in [1.54, 1.807) is 6.92 Å². The smallest absolute Gasteiger partial charge is 0.280 e. The zero-order valence-corrected chi connectivity index (χ0v) is 15.9. The van der Waals surface area contributed by atoms with Crippen LogP contribution in [0.4, 0.5) is 0 Å². The minimum absolute atomic E-state index is 0.207. The molecule has 29 heavy (non-hydrogen) atoms. The number of carbonyl (C=O) groups excluding carboxylic acids is 1. The third-order valence-electron chi connectivity index (χ3n) is 4.75. The fourth-order valence-corrected chi connectivity index (χ4v) is 3.30. The number of aryl methyl sites for hydroxylation is 1. The predicted octanol–water partition coefficient (Wildman–Crippen LogP) is 3.32. The van der Waals surface area contributed by atoms with Gasteiger partial charge >= 0.3 is 0 Å². The molecule has 4 rings (SSSR count). The molecule has 0 spiro atoms. The number of H-pyrrole nitrogens is 1. The summed E-state index contributed by atoms with van der Waals surface area (Å²) in [6.45, 7) is 1.79. The number of carbonyl (C=O) groups is 1. The van der Waals surface area contributed by atoms with Crippen LogP contribution in [0.2, 0.25) is 0 Å². The zero-order valence-electron chi connectivity index (χ0n) is 15.9. The predicted molar refractivity (Wildman–Crippen MR) is 115 cm³/mol. The molecule has 0 bridgehead atoms. The first kappa shape index (κ1) is 18.4. The molecule has 0 aliphatic rings. The van der Waals surface area contributed by atoms with Gasteiger partial charge in [0, 0.05) is 5.69 Å². The van der Waals surface area contributed by atoms with Crippen molar-refractivity contribution in [3.63, 3.8) is 0 Å². The van der Waals surface area contributed by atoms with Gasteiger partial charge in [-0.3, -0.25) is 14.7 Å². The van der Waals surface area contributed by atoms with Crippen molar-refractivity contribution in [3.05, 3.63) is 100.0 Å². The number of hydrogen-bond acceptors (Lipinski definition) is 3. The number of hydrogen-bond donors (Lipinski definition) is 2. The molecule has 1 heterocycles. The Morgan fingerprint density at radius 2 is 1.76 bits per heavy atom. The van der Waals surface area contributed by atoms with E-state index < -0.39 is 0 Å². The quantitative estimate of drug-likeness (QED) is 0.409. The van der Waals surface area contributed by atoms with Crippen LogP contribution < -0.4 is 11.0 Å². The lowest BCUT2D eigenvalue weighted by molar-refractivity contribution is -0.120. The maximum atomic E-state index is 12.6. The summed E-state index contributed by atoms with van der Waals surface area (Å²) in [4.78, 5) is 25.0. The lowest BCUT2D eigenvalue weighted by Crippen LogP contribution is -2.21. The van der Waals surface area contributed by atoms with E-state index in [-0.39, 0.29) is 17.9 Å². The van der Waals surface area contributed by atoms with E-state index in [1.165, 1.54) is 10.9 Å². The summed E-state index contributed by atoms with van der Waals surface area (Å²) in [5.41, 5.74) is 5.04. The van der Waals surface area contributed by atoms with Gasteiger partial charge < -0.3 is 0 Å². The van der Waals surface area contributed by atoms with Crippen LogP contribution in [0, 0.1) is 6.92 Å². The van der Waals surface area contributed by atoms with Crippen LogP contribution in [-0.2, 0) is 11.2 Å². The molecule has 0 radical (unpaired) electrons. The van der Waals surface area contributed by atoms with Crippen molar-refractivity contribution in [2.45, 2.75) is 13.3 Å². The number of aromatic nitrogens is 2. The molecule has 0 fully saturated rings. The number of fused-ring (bicyclic) bond motifs is 1. The summed E-state index contributed by atoms with van der Waals surface area (Å²) >= 11 is 0. The molecule has 3 aromatic carbocycles. The van der Waals surface area contributed by atoms with Gasteiger partial charge in [-0.2, -0.15) is 5.10 Å². The molecule has 0 atom stereocenters. The summed E-state index contributed by atoms with van der Waals surface area (Å²) in [5.74, 6) is -0.242. The largest absolute Gasteiger partial charge is 0.295 e. The molecule has 0 unspecified atom stereocenters. The van der Waals surface area contributed by atoms with E-state index in [4.69, 9.17) is 0 Å². The molecule has 2 N–H and O–H groups in total. The van der Waals surface area contributed by atoms with Gasteiger partial charge in [0.25, 0.3) is 5.56 Å². The van der Waals surface area contributed by atoms with Crippen LogP contribution in [0.1, 0.15) is 16.8 Å². The maximum absolute atomic E-state index is 12.6. The molecular weight excluding hydrogens is 364 g/mol. The third kappa shape index (κ3) is 3.87.